The number of benzene rings is 1. The first-order chi connectivity index (χ1) is 10.1. The first-order valence-electron chi connectivity index (χ1n) is 7.39. The van der Waals surface area contributed by atoms with E-state index in [0.717, 1.165) is 30.8 Å². The van der Waals surface area contributed by atoms with E-state index in [4.69, 9.17) is 4.74 Å². The van der Waals surface area contributed by atoms with Gasteiger partial charge in [-0.15, -0.1) is 24.8 Å². The van der Waals surface area contributed by atoms with Crippen LogP contribution in [0, 0.1) is 0 Å². The second-order valence-electron chi connectivity index (χ2n) is 5.28. The van der Waals surface area contributed by atoms with E-state index < -0.39 is 0 Å². The summed E-state index contributed by atoms with van der Waals surface area (Å²) in [6.45, 7) is 2.95. The van der Waals surface area contributed by atoms with E-state index in [0.29, 0.717) is 19.6 Å². The number of carbonyl (C=O) groups excluding carboxylic acids is 1. The Balaban J connectivity index is 0. The Morgan fingerprint density at radius 2 is 2.00 bits per heavy atom. The molecule has 1 rings (SSSR count). The number of hydrogen-bond acceptors (Lipinski definition) is 4. The molecule has 0 atom stereocenters. The van der Waals surface area contributed by atoms with Gasteiger partial charge >= 0.3 is 0 Å². The topological polar surface area (TPSA) is 53.6 Å². The van der Waals surface area contributed by atoms with Gasteiger partial charge in [0.2, 0.25) is 5.91 Å². The van der Waals surface area contributed by atoms with E-state index >= 15 is 0 Å². The molecule has 0 heterocycles. The Hall–Kier alpha value is -1.01. The monoisotopic (exact) mass is 365 g/mol. The number of nitrogens with one attached hydrogen (secondary N) is 2. The molecule has 134 valence electrons. The molecule has 1 aromatic rings. The molecular formula is C16H29Cl2N3O2. The molecule has 0 fully saturated rings. The van der Waals surface area contributed by atoms with E-state index in [-0.39, 0.29) is 30.7 Å². The zero-order valence-corrected chi connectivity index (χ0v) is 15.8. The molecule has 1 amide bonds. The highest BCUT2D eigenvalue weighted by Crippen LogP contribution is 2.13. The lowest BCUT2D eigenvalue weighted by Crippen LogP contribution is -2.23. The first kappa shape index (κ1) is 24.2. The minimum Gasteiger partial charge on any atom is -0.492 e. The molecule has 0 aliphatic rings. The van der Waals surface area contributed by atoms with Gasteiger partial charge < -0.3 is 20.3 Å². The maximum atomic E-state index is 11.6. The third-order valence-corrected chi connectivity index (χ3v) is 3.03. The second-order valence-corrected chi connectivity index (χ2v) is 5.28. The highest BCUT2D eigenvalue weighted by molar-refractivity contribution is 5.85. The SMILES string of the molecule is CNCCCC(=O)NCc1cccc(OCCN(C)C)c1.Cl.Cl. The zero-order valence-electron chi connectivity index (χ0n) is 14.1. The number of hydrogen-bond donors (Lipinski definition) is 2. The van der Waals surface area contributed by atoms with Crippen molar-refractivity contribution in [2.45, 2.75) is 19.4 Å². The molecule has 0 aliphatic heterocycles. The summed E-state index contributed by atoms with van der Waals surface area (Å²) in [5, 5.41) is 5.96. The van der Waals surface area contributed by atoms with Crippen molar-refractivity contribution in [1.29, 1.82) is 0 Å². The molecular weight excluding hydrogens is 337 g/mol. The normalized spacial score (nSPS) is 9.74. The summed E-state index contributed by atoms with van der Waals surface area (Å²) in [7, 11) is 5.92. The van der Waals surface area contributed by atoms with Crippen LogP contribution < -0.4 is 15.4 Å². The van der Waals surface area contributed by atoms with Gasteiger partial charge in [-0.2, -0.15) is 0 Å². The van der Waals surface area contributed by atoms with Crippen LogP contribution in [-0.2, 0) is 11.3 Å². The van der Waals surface area contributed by atoms with E-state index in [1.165, 1.54) is 0 Å². The number of nitrogens with zero attached hydrogens (tertiary/aromatic N) is 1. The standard InChI is InChI=1S/C16H27N3O2.2ClH/c1-17-9-5-8-16(20)18-13-14-6-4-7-15(12-14)21-11-10-19(2)3;;/h4,6-7,12,17H,5,8-11,13H2,1-3H3,(H,18,20);2*1H. The molecule has 0 spiro atoms. The molecule has 0 unspecified atom stereocenters. The highest BCUT2D eigenvalue weighted by atomic mass is 35.5. The summed E-state index contributed by atoms with van der Waals surface area (Å²) in [6, 6.07) is 7.86. The van der Waals surface area contributed by atoms with Gasteiger partial charge in [0.1, 0.15) is 12.4 Å². The van der Waals surface area contributed by atoms with E-state index in [9.17, 15) is 4.79 Å². The third-order valence-electron chi connectivity index (χ3n) is 3.03. The summed E-state index contributed by atoms with van der Waals surface area (Å²) < 4.78 is 5.68. The Morgan fingerprint density at radius 1 is 1.26 bits per heavy atom. The lowest BCUT2D eigenvalue weighted by atomic mass is 10.2. The lowest BCUT2D eigenvalue weighted by molar-refractivity contribution is -0.121. The Morgan fingerprint density at radius 3 is 2.65 bits per heavy atom. The zero-order chi connectivity index (χ0) is 15.5. The van der Waals surface area contributed by atoms with Crippen LogP contribution in [0.4, 0.5) is 0 Å². The van der Waals surface area contributed by atoms with Crippen molar-refractivity contribution < 1.29 is 9.53 Å². The van der Waals surface area contributed by atoms with Gasteiger partial charge in [-0.3, -0.25) is 4.79 Å². The minimum atomic E-state index is 0. The van der Waals surface area contributed by atoms with Gasteiger partial charge in [0.15, 0.2) is 0 Å². The minimum absolute atomic E-state index is 0. The van der Waals surface area contributed by atoms with Gasteiger partial charge in [-0.05, 0) is 51.8 Å². The average molecular weight is 366 g/mol. The van der Waals surface area contributed by atoms with Crippen molar-refractivity contribution >= 4 is 30.7 Å². The maximum absolute atomic E-state index is 11.6. The number of ether oxygens (including phenoxy) is 1. The van der Waals surface area contributed by atoms with Crippen LogP contribution in [0.2, 0.25) is 0 Å². The van der Waals surface area contributed by atoms with Gasteiger partial charge in [0.25, 0.3) is 0 Å². The van der Waals surface area contributed by atoms with Gasteiger partial charge in [-0.25, -0.2) is 0 Å². The number of rotatable bonds is 10. The smallest absolute Gasteiger partial charge is 0.220 e. The molecule has 0 aromatic heterocycles. The van der Waals surface area contributed by atoms with Crippen LogP contribution in [0.1, 0.15) is 18.4 Å². The van der Waals surface area contributed by atoms with Crippen LogP contribution in [0.15, 0.2) is 24.3 Å². The molecule has 0 aliphatic carbocycles. The van der Waals surface area contributed by atoms with Crippen molar-refractivity contribution in [1.82, 2.24) is 15.5 Å². The number of amides is 1. The summed E-state index contributed by atoms with van der Waals surface area (Å²) in [5.41, 5.74) is 1.05. The van der Waals surface area contributed by atoms with Crippen LogP contribution in [0.25, 0.3) is 0 Å². The van der Waals surface area contributed by atoms with Gasteiger partial charge in [0, 0.05) is 19.5 Å². The molecule has 1 aromatic carbocycles. The van der Waals surface area contributed by atoms with Gasteiger partial charge in [-0.1, -0.05) is 12.1 Å². The average Bonchev–Trinajstić information content (AvgIpc) is 2.45. The van der Waals surface area contributed by atoms with Crippen LogP contribution in [0.5, 0.6) is 5.75 Å². The van der Waals surface area contributed by atoms with Crippen molar-refractivity contribution in [3.8, 4) is 5.75 Å². The number of halogens is 2. The lowest BCUT2D eigenvalue weighted by Gasteiger charge is -2.12. The number of carbonyl (C=O) groups is 1. The summed E-state index contributed by atoms with van der Waals surface area (Å²) in [6.07, 6.45) is 1.41. The molecule has 0 radical (unpaired) electrons. The molecule has 0 saturated carbocycles. The first-order valence-corrected chi connectivity index (χ1v) is 7.39. The number of likely N-dealkylation sites (N-methyl/N-ethyl adjacent to an activating group) is 1. The van der Waals surface area contributed by atoms with Crippen LogP contribution in [0.3, 0.4) is 0 Å². The molecule has 0 saturated heterocycles. The fourth-order valence-electron chi connectivity index (χ4n) is 1.81. The van der Waals surface area contributed by atoms with Crippen molar-refractivity contribution in [2.75, 3.05) is 40.8 Å². The summed E-state index contributed by atoms with van der Waals surface area (Å²) in [5.74, 6) is 0.933. The van der Waals surface area contributed by atoms with Crippen molar-refractivity contribution in [2.24, 2.45) is 0 Å². The fraction of sp³-hybridized carbons (Fsp3) is 0.562. The second kappa shape index (κ2) is 14.6. The molecule has 23 heavy (non-hydrogen) atoms. The summed E-state index contributed by atoms with van der Waals surface area (Å²) >= 11 is 0. The van der Waals surface area contributed by atoms with Crippen molar-refractivity contribution in [3.05, 3.63) is 29.8 Å². The Labute approximate surface area is 152 Å². The largest absolute Gasteiger partial charge is 0.492 e. The quantitative estimate of drug-likeness (QED) is 0.623. The molecule has 5 nitrogen and oxygen atoms in total. The van der Waals surface area contributed by atoms with Gasteiger partial charge in [0.05, 0.1) is 0 Å². The van der Waals surface area contributed by atoms with Crippen LogP contribution >= 0.6 is 24.8 Å². The fourth-order valence-corrected chi connectivity index (χ4v) is 1.81. The van der Waals surface area contributed by atoms with E-state index in [1.807, 2.05) is 45.4 Å². The van der Waals surface area contributed by atoms with E-state index in [2.05, 4.69) is 15.5 Å². The third kappa shape index (κ3) is 12.1. The maximum Gasteiger partial charge on any atom is 0.220 e. The van der Waals surface area contributed by atoms with Crippen molar-refractivity contribution in [3.63, 3.8) is 0 Å². The highest BCUT2D eigenvalue weighted by Gasteiger charge is 2.02. The van der Waals surface area contributed by atoms with E-state index in [1.54, 1.807) is 0 Å². The molecule has 7 heteroatoms. The Kier molecular flexibility index (Phi) is 15.4. The summed E-state index contributed by atoms with van der Waals surface area (Å²) in [4.78, 5) is 13.7. The molecule has 2 N–H and O–H groups in total. The predicted molar refractivity (Wildman–Crippen MR) is 100.0 cm³/mol. The molecule has 0 bridgehead atoms. The predicted octanol–water partition coefficient (Wildman–Crippen LogP) is 2.09. The Bertz CT molecular complexity index is 432. The van der Waals surface area contributed by atoms with Crippen LogP contribution in [-0.4, -0.2) is 51.6 Å².